The third-order valence-electron chi connectivity index (χ3n) is 3.08. The molecule has 0 aliphatic rings. The van der Waals surface area contributed by atoms with Crippen molar-refractivity contribution in [2.24, 2.45) is 0 Å². The van der Waals surface area contributed by atoms with Crippen molar-refractivity contribution in [3.63, 3.8) is 0 Å². The monoisotopic (exact) mass is 285 g/mol. The Kier molecular flexibility index (Phi) is 4.77. The molecular weight excluding hydrogens is 266 g/mol. The Labute approximate surface area is 124 Å². The Hall–Kier alpha value is -2.56. The summed E-state index contributed by atoms with van der Waals surface area (Å²) in [5, 5.41) is 3.10. The molecule has 0 spiro atoms. The summed E-state index contributed by atoms with van der Waals surface area (Å²) in [6.07, 6.45) is 0. The standard InChI is InChI=1S/C16H19N3O2/c1-4-17-15-11-7-8-12(18-15)16(20)19(2)13-9-5-6-10-14(13)21-3/h5-11H,4H2,1-3H3,(H,17,18). The molecule has 1 heterocycles. The van der Waals surface area contributed by atoms with Gasteiger partial charge in [-0.3, -0.25) is 4.79 Å². The van der Waals surface area contributed by atoms with Gasteiger partial charge in [-0.15, -0.1) is 0 Å². The van der Waals surface area contributed by atoms with Gasteiger partial charge in [0.2, 0.25) is 0 Å². The Morgan fingerprint density at radius 3 is 2.71 bits per heavy atom. The lowest BCUT2D eigenvalue weighted by atomic mass is 10.2. The van der Waals surface area contributed by atoms with E-state index in [4.69, 9.17) is 4.74 Å². The Morgan fingerprint density at radius 1 is 1.24 bits per heavy atom. The van der Waals surface area contributed by atoms with Crippen LogP contribution in [0.15, 0.2) is 42.5 Å². The zero-order valence-electron chi connectivity index (χ0n) is 12.5. The van der Waals surface area contributed by atoms with E-state index in [-0.39, 0.29) is 5.91 Å². The van der Waals surface area contributed by atoms with E-state index in [9.17, 15) is 4.79 Å². The first-order chi connectivity index (χ1) is 10.2. The van der Waals surface area contributed by atoms with Crippen molar-refractivity contribution in [1.82, 2.24) is 4.98 Å². The second-order valence-corrected chi connectivity index (χ2v) is 4.47. The van der Waals surface area contributed by atoms with Crippen molar-refractivity contribution in [3.8, 4) is 5.75 Å². The van der Waals surface area contributed by atoms with Gasteiger partial charge in [0.1, 0.15) is 17.3 Å². The highest BCUT2D eigenvalue weighted by Gasteiger charge is 2.18. The maximum atomic E-state index is 12.5. The van der Waals surface area contributed by atoms with Crippen molar-refractivity contribution in [2.45, 2.75) is 6.92 Å². The van der Waals surface area contributed by atoms with Crippen LogP contribution in [0.3, 0.4) is 0 Å². The molecule has 0 atom stereocenters. The molecule has 0 saturated heterocycles. The largest absolute Gasteiger partial charge is 0.495 e. The SMILES string of the molecule is CCNc1cccc(C(=O)N(C)c2ccccc2OC)n1. The molecule has 0 fully saturated rings. The molecule has 2 rings (SSSR count). The minimum atomic E-state index is -0.181. The zero-order chi connectivity index (χ0) is 15.2. The normalized spacial score (nSPS) is 10.0. The van der Waals surface area contributed by atoms with Crippen molar-refractivity contribution in [3.05, 3.63) is 48.2 Å². The smallest absolute Gasteiger partial charge is 0.276 e. The van der Waals surface area contributed by atoms with Gasteiger partial charge in [-0.1, -0.05) is 18.2 Å². The summed E-state index contributed by atoms with van der Waals surface area (Å²) >= 11 is 0. The van der Waals surface area contributed by atoms with E-state index in [0.717, 1.165) is 6.54 Å². The second kappa shape index (κ2) is 6.74. The second-order valence-electron chi connectivity index (χ2n) is 4.47. The molecule has 0 saturated carbocycles. The first-order valence-electron chi connectivity index (χ1n) is 6.79. The van der Waals surface area contributed by atoms with Crippen LogP contribution in [-0.2, 0) is 0 Å². The summed E-state index contributed by atoms with van der Waals surface area (Å²) in [4.78, 5) is 18.4. The van der Waals surface area contributed by atoms with Crippen LogP contribution in [-0.4, -0.2) is 31.6 Å². The molecule has 1 aromatic heterocycles. The minimum Gasteiger partial charge on any atom is -0.495 e. The van der Waals surface area contributed by atoms with Gasteiger partial charge in [-0.2, -0.15) is 0 Å². The van der Waals surface area contributed by atoms with E-state index in [2.05, 4.69) is 10.3 Å². The van der Waals surface area contributed by atoms with E-state index in [1.807, 2.05) is 43.3 Å². The van der Waals surface area contributed by atoms with Crippen LogP contribution in [0.4, 0.5) is 11.5 Å². The maximum absolute atomic E-state index is 12.5. The number of nitrogens with zero attached hydrogens (tertiary/aromatic N) is 2. The highest BCUT2D eigenvalue weighted by atomic mass is 16.5. The molecule has 110 valence electrons. The predicted molar refractivity (Wildman–Crippen MR) is 84.1 cm³/mol. The van der Waals surface area contributed by atoms with Gasteiger partial charge in [0, 0.05) is 13.6 Å². The highest BCUT2D eigenvalue weighted by molar-refractivity contribution is 6.05. The van der Waals surface area contributed by atoms with Crippen molar-refractivity contribution in [1.29, 1.82) is 0 Å². The highest BCUT2D eigenvalue weighted by Crippen LogP contribution is 2.27. The molecular formula is C16H19N3O2. The minimum absolute atomic E-state index is 0.181. The first-order valence-corrected chi connectivity index (χ1v) is 6.79. The average molecular weight is 285 g/mol. The first kappa shape index (κ1) is 14.8. The number of pyridine rings is 1. The fraction of sp³-hybridized carbons (Fsp3) is 0.250. The van der Waals surface area contributed by atoms with E-state index in [1.165, 1.54) is 4.90 Å². The number of nitrogens with one attached hydrogen (secondary N) is 1. The van der Waals surface area contributed by atoms with E-state index in [0.29, 0.717) is 22.9 Å². The third-order valence-corrected chi connectivity index (χ3v) is 3.08. The molecule has 5 nitrogen and oxygen atoms in total. The molecule has 1 amide bonds. The van der Waals surface area contributed by atoms with E-state index in [1.54, 1.807) is 20.2 Å². The number of ether oxygens (including phenoxy) is 1. The van der Waals surface area contributed by atoms with Crippen molar-refractivity contribution < 1.29 is 9.53 Å². The Morgan fingerprint density at radius 2 is 2.00 bits per heavy atom. The molecule has 0 aliphatic heterocycles. The number of carbonyl (C=O) groups excluding carboxylic acids is 1. The van der Waals surface area contributed by atoms with Gasteiger partial charge in [0.15, 0.2) is 0 Å². The number of hydrogen-bond donors (Lipinski definition) is 1. The molecule has 0 unspecified atom stereocenters. The number of rotatable bonds is 5. The summed E-state index contributed by atoms with van der Waals surface area (Å²) in [6.45, 7) is 2.74. The topological polar surface area (TPSA) is 54.5 Å². The van der Waals surface area contributed by atoms with E-state index >= 15 is 0 Å². The lowest BCUT2D eigenvalue weighted by Crippen LogP contribution is -2.27. The molecule has 0 bridgehead atoms. The van der Waals surface area contributed by atoms with Gasteiger partial charge in [-0.05, 0) is 31.2 Å². The van der Waals surface area contributed by atoms with Crippen LogP contribution in [0.25, 0.3) is 0 Å². The van der Waals surface area contributed by atoms with Crippen molar-refractivity contribution >= 4 is 17.4 Å². The Bertz CT molecular complexity index is 628. The number of carbonyl (C=O) groups is 1. The summed E-state index contributed by atoms with van der Waals surface area (Å²) in [5.74, 6) is 1.16. The van der Waals surface area contributed by atoms with Gasteiger partial charge in [-0.25, -0.2) is 4.98 Å². The molecule has 5 heteroatoms. The molecule has 1 aromatic carbocycles. The van der Waals surface area contributed by atoms with Gasteiger partial charge >= 0.3 is 0 Å². The summed E-state index contributed by atoms with van der Waals surface area (Å²) in [6, 6.07) is 12.7. The van der Waals surface area contributed by atoms with Gasteiger partial charge in [0.05, 0.1) is 12.8 Å². The predicted octanol–water partition coefficient (Wildman–Crippen LogP) is 2.80. The number of benzene rings is 1. The number of hydrogen-bond acceptors (Lipinski definition) is 4. The lowest BCUT2D eigenvalue weighted by molar-refractivity contribution is 0.0988. The van der Waals surface area contributed by atoms with Crippen LogP contribution < -0.4 is 15.0 Å². The average Bonchev–Trinajstić information content (AvgIpc) is 2.54. The molecule has 0 radical (unpaired) electrons. The maximum Gasteiger partial charge on any atom is 0.276 e. The summed E-state index contributed by atoms with van der Waals surface area (Å²) in [7, 11) is 3.29. The number of para-hydroxylation sites is 2. The zero-order valence-corrected chi connectivity index (χ0v) is 12.5. The molecule has 0 aliphatic carbocycles. The van der Waals surface area contributed by atoms with Crippen LogP contribution in [0.1, 0.15) is 17.4 Å². The molecule has 2 aromatic rings. The van der Waals surface area contributed by atoms with Crippen molar-refractivity contribution in [2.75, 3.05) is 30.9 Å². The quantitative estimate of drug-likeness (QED) is 0.917. The third kappa shape index (κ3) is 3.31. The summed E-state index contributed by atoms with van der Waals surface area (Å²) < 4.78 is 5.29. The van der Waals surface area contributed by atoms with Crippen LogP contribution in [0.2, 0.25) is 0 Å². The molecule has 1 N–H and O–H groups in total. The van der Waals surface area contributed by atoms with Crippen LogP contribution >= 0.6 is 0 Å². The Balaban J connectivity index is 2.28. The van der Waals surface area contributed by atoms with Gasteiger partial charge in [0.25, 0.3) is 5.91 Å². The van der Waals surface area contributed by atoms with Gasteiger partial charge < -0.3 is 15.0 Å². The number of methoxy groups -OCH3 is 1. The molecule has 21 heavy (non-hydrogen) atoms. The summed E-state index contributed by atoms with van der Waals surface area (Å²) in [5.41, 5.74) is 1.10. The number of amides is 1. The lowest BCUT2D eigenvalue weighted by Gasteiger charge is -2.19. The number of anilines is 2. The fourth-order valence-corrected chi connectivity index (χ4v) is 2.02. The number of aromatic nitrogens is 1. The van der Waals surface area contributed by atoms with Crippen LogP contribution in [0.5, 0.6) is 5.75 Å². The fourth-order valence-electron chi connectivity index (χ4n) is 2.02. The van der Waals surface area contributed by atoms with Crippen LogP contribution in [0, 0.1) is 0 Å². The van der Waals surface area contributed by atoms with E-state index < -0.39 is 0 Å².